The van der Waals surface area contributed by atoms with Gasteiger partial charge in [-0.15, -0.1) is 0 Å². The summed E-state index contributed by atoms with van der Waals surface area (Å²) in [4.78, 5) is 0.321. The molecule has 0 saturated carbocycles. The zero-order chi connectivity index (χ0) is 14.8. The summed E-state index contributed by atoms with van der Waals surface area (Å²) < 4.78 is 26.7. The number of rotatable bonds is 3. The molecule has 0 aromatic heterocycles. The second-order valence-corrected chi connectivity index (χ2v) is 6.78. The normalized spacial score (nSPS) is 11.1. The summed E-state index contributed by atoms with van der Waals surface area (Å²) in [5.41, 5.74) is 1.59. The molecule has 0 unspecified atom stereocenters. The number of thiocarbonyl (C=S) groups is 1. The van der Waals surface area contributed by atoms with Gasteiger partial charge < -0.3 is 0 Å². The van der Waals surface area contributed by atoms with E-state index in [9.17, 15) is 8.42 Å². The Morgan fingerprint density at radius 1 is 1.05 bits per heavy atom. The summed E-state index contributed by atoms with van der Waals surface area (Å²) in [5, 5.41) is 0.568. The van der Waals surface area contributed by atoms with Crippen LogP contribution < -0.4 is 4.72 Å². The summed E-state index contributed by atoms with van der Waals surface area (Å²) in [6.07, 6.45) is 0. The minimum atomic E-state index is -3.66. The molecule has 0 heterocycles. The molecule has 0 aliphatic rings. The van der Waals surface area contributed by atoms with Crippen molar-refractivity contribution in [3.8, 4) is 0 Å². The maximum atomic E-state index is 12.2. The lowest BCUT2D eigenvalue weighted by molar-refractivity contribution is 0.593. The molecule has 0 radical (unpaired) electrons. The van der Waals surface area contributed by atoms with Gasteiger partial charge in [0.05, 0.1) is 4.90 Å². The SMILES string of the molecule is Cc1ccc(S(=O)(=O)NC(=S)c2ccc(Cl)cc2)cc1. The monoisotopic (exact) mass is 325 g/mol. The first kappa shape index (κ1) is 15.0. The number of nitrogens with one attached hydrogen (secondary N) is 1. The van der Waals surface area contributed by atoms with Gasteiger partial charge in [-0.05, 0) is 31.2 Å². The van der Waals surface area contributed by atoms with E-state index in [-0.39, 0.29) is 9.88 Å². The van der Waals surface area contributed by atoms with E-state index in [1.54, 1.807) is 48.5 Å². The molecule has 0 fully saturated rings. The second kappa shape index (κ2) is 5.91. The number of aryl methyl sites for hydroxylation is 1. The van der Waals surface area contributed by atoms with Gasteiger partial charge in [0.15, 0.2) is 0 Å². The molecule has 0 spiro atoms. The van der Waals surface area contributed by atoms with Gasteiger partial charge in [-0.1, -0.05) is 53.6 Å². The molecule has 20 heavy (non-hydrogen) atoms. The van der Waals surface area contributed by atoms with Crippen LogP contribution in [-0.2, 0) is 10.0 Å². The van der Waals surface area contributed by atoms with E-state index in [2.05, 4.69) is 4.72 Å². The average Bonchev–Trinajstić information content (AvgIpc) is 2.39. The van der Waals surface area contributed by atoms with E-state index >= 15 is 0 Å². The third-order valence-electron chi connectivity index (χ3n) is 2.66. The van der Waals surface area contributed by atoms with Crippen LogP contribution in [0.1, 0.15) is 11.1 Å². The van der Waals surface area contributed by atoms with Crippen LogP contribution >= 0.6 is 23.8 Å². The fourth-order valence-corrected chi connectivity index (χ4v) is 3.12. The zero-order valence-corrected chi connectivity index (χ0v) is 13.0. The van der Waals surface area contributed by atoms with Crippen LogP contribution in [-0.4, -0.2) is 13.4 Å². The Morgan fingerprint density at radius 3 is 2.15 bits per heavy atom. The maximum Gasteiger partial charge on any atom is 0.262 e. The van der Waals surface area contributed by atoms with E-state index in [0.717, 1.165) is 5.56 Å². The molecule has 0 amide bonds. The van der Waals surface area contributed by atoms with Gasteiger partial charge in [0.1, 0.15) is 4.99 Å². The molecule has 2 aromatic carbocycles. The highest BCUT2D eigenvalue weighted by atomic mass is 35.5. The molecule has 0 atom stereocenters. The topological polar surface area (TPSA) is 46.2 Å². The van der Waals surface area contributed by atoms with Crippen LogP contribution in [0.4, 0.5) is 0 Å². The molecular formula is C14H12ClNO2S2. The number of hydrogen-bond acceptors (Lipinski definition) is 3. The minimum absolute atomic E-state index is 0.141. The van der Waals surface area contributed by atoms with Gasteiger partial charge in [-0.3, -0.25) is 4.72 Å². The Hall–Kier alpha value is -1.43. The van der Waals surface area contributed by atoms with Crippen molar-refractivity contribution in [3.63, 3.8) is 0 Å². The van der Waals surface area contributed by atoms with Crippen molar-refractivity contribution in [2.24, 2.45) is 0 Å². The van der Waals surface area contributed by atoms with Gasteiger partial charge in [0, 0.05) is 10.6 Å². The highest BCUT2D eigenvalue weighted by molar-refractivity contribution is 7.92. The van der Waals surface area contributed by atoms with Gasteiger partial charge >= 0.3 is 0 Å². The van der Waals surface area contributed by atoms with Crippen molar-refractivity contribution in [2.45, 2.75) is 11.8 Å². The lowest BCUT2D eigenvalue weighted by Crippen LogP contribution is -2.29. The van der Waals surface area contributed by atoms with Crippen molar-refractivity contribution in [1.29, 1.82) is 0 Å². The average molecular weight is 326 g/mol. The molecule has 104 valence electrons. The van der Waals surface area contributed by atoms with Crippen LogP contribution in [0.3, 0.4) is 0 Å². The maximum absolute atomic E-state index is 12.2. The van der Waals surface area contributed by atoms with Gasteiger partial charge in [-0.25, -0.2) is 8.42 Å². The van der Waals surface area contributed by atoms with E-state index in [1.165, 1.54) is 0 Å². The molecule has 0 aliphatic heterocycles. The predicted molar refractivity (Wildman–Crippen MR) is 84.7 cm³/mol. The molecule has 2 rings (SSSR count). The Bertz CT molecular complexity index is 723. The van der Waals surface area contributed by atoms with E-state index < -0.39 is 10.0 Å². The fraction of sp³-hybridized carbons (Fsp3) is 0.0714. The van der Waals surface area contributed by atoms with Crippen LogP contribution in [0.2, 0.25) is 5.02 Å². The first-order valence-electron chi connectivity index (χ1n) is 5.78. The summed E-state index contributed by atoms with van der Waals surface area (Å²) in [5.74, 6) is 0. The highest BCUT2D eigenvalue weighted by Gasteiger charge is 2.16. The molecule has 1 N–H and O–H groups in total. The minimum Gasteiger partial charge on any atom is -0.269 e. The summed E-state index contributed by atoms with van der Waals surface area (Å²) in [6, 6.07) is 13.2. The number of halogens is 1. The Kier molecular flexibility index (Phi) is 4.42. The van der Waals surface area contributed by atoms with Crippen molar-refractivity contribution in [2.75, 3.05) is 0 Å². The molecule has 0 aliphatic carbocycles. The fourth-order valence-electron chi connectivity index (χ4n) is 1.56. The summed E-state index contributed by atoms with van der Waals surface area (Å²) >= 11 is 10.9. The van der Waals surface area contributed by atoms with Crippen molar-refractivity contribution in [1.82, 2.24) is 4.72 Å². The number of sulfonamides is 1. The zero-order valence-electron chi connectivity index (χ0n) is 10.6. The van der Waals surface area contributed by atoms with Crippen LogP contribution in [0.5, 0.6) is 0 Å². The third kappa shape index (κ3) is 3.56. The molecule has 0 saturated heterocycles. The molecule has 3 nitrogen and oxygen atoms in total. The first-order valence-corrected chi connectivity index (χ1v) is 8.05. The Labute approximate surface area is 128 Å². The molecule has 2 aromatic rings. The molecule has 6 heteroatoms. The Balaban J connectivity index is 2.22. The van der Waals surface area contributed by atoms with Crippen molar-refractivity contribution in [3.05, 3.63) is 64.7 Å². The van der Waals surface area contributed by atoms with Crippen LogP contribution in [0, 0.1) is 6.92 Å². The summed E-state index contributed by atoms with van der Waals surface area (Å²) in [7, 11) is -3.66. The van der Waals surface area contributed by atoms with Crippen LogP contribution in [0.15, 0.2) is 53.4 Å². The number of hydrogen-bond donors (Lipinski definition) is 1. The van der Waals surface area contributed by atoms with Gasteiger partial charge in [-0.2, -0.15) is 0 Å². The molecular weight excluding hydrogens is 314 g/mol. The standard InChI is InChI=1S/C14H12ClNO2S2/c1-10-2-8-13(9-3-10)20(17,18)16-14(19)11-4-6-12(15)7-5-11/h2-9H,1H3,(H,16,19). The van der Waals surface area contributed by atoms with Crippen LogP contribution in [0.25, 0.3) is 0 Å². The lowest BCUT2D eigenvalue weighted by Gasteiger charge is -2.09. The third-order valence-corrected chi connectivity index (χ3v) is 4.75. The second-order valence-electron chi connectivity index (χ2n) is 4.25. The van der Waals surface area contributed by atoms with Gasteiger partial charge in [0.25, 0.3) is 10.0 Å². The van der Waals surface area contributed by atoms with E-state index in [1.807, 2.05) is 6.92 Å². The number of benzene rings is 2. The van der Waals surface area contributed by atoms with Gasteiger partial charge in [0.2, 0.25) is 0 Å². The quantitative estimate of drug-likeness (QED) is 0.881. The highest BCUT2D eigenvalue weighted by Crippen LogP contribution is 2.13. The van der Waals surface area contributed by atoms with E-state index in [4.69, 9.17) is 23.8 Å². The molecule has 0 bridgehead atoms. The van der Waals surface area contributed by atoms with Crippen molar-refractivity contribution < 1.29 is 8.42 Å². The van der Waals surface area contributed by atoms with Crippen molar-refractivity contribution >= 4 is 38.8 Å². The first-order chi connectivity index (χ1) is 9.38. The largest absolute Gasteiger partial charge is 0.269 e. The predicted octanol–water partition coefficient (Wildman–Crippen LogP) is 3.30. The lowest BCUT2D eigenvalue weighted by atomic mass is 10.2. The Morgan fingerprint density at radius 2 is 1.60 bits per heavy atom. The summed E-state index contributed by atoms with van der Waals surface area (Å²) in [6.45, 7) is 1.89. The van der Waals surface area contributed by atoms with E-state index in [0.29, 0.717) is 10.6 Å². The smallest absolute Gasteiger partial charge is 0.262 e.